The lowest BCUT2D eigenvalue weighted by atomic mass is 10.2. The van der Waals surface area contributed by atoms with Gasteiger partial charge >= 0.3 is 6.18 Å². The van der Waals surface area contributed by atoms with Crippen molar-refractivity contribution in [2.45, 2.75) is 31.9 Å². The second-order valence-electron chi connectivity index (χ2n) is 2.86. The summed E-state index contributed by atoms with van der Waals surface area (Å²) in [7, 11) is 0. The standard InChI is InChI=1S/C8H15BrF3N/c9-5-2-1-3-6-13-7-4-8(10,11)12/h13H,1-7H2. The first-order valence-electron chi connectivity index (χ1n) is 4.39. The Morgan fingerprint density at radius 3 is 2.23 bits per heavy atom. The van der Waals surface area contributed by atoms with Gasteiger partial charge in [0.25, 0.3) is 0 Å². The van der Waals surface area contributed by atoms with Crippen LogP contribution in [0.1, 0.15) is 25.7 Å². The zero-order chi connectivity index (χ0) is 10.2. The third-order valence-electron chi connectivity index (χ3n) is 1.57. The highest BCUT2D eigenvalue weighted by molar-refractivity contribution is 9.09. The van der Waals surface area contributed by atoms with E-state index in [2.05, 4.69) is 21.2 Å². The highest BCUT2D eigenvalue weighted by Gasteiger charge is 2.25. The molecule has 0 spiro atoms. The van der Waals surface area contributed by atoms with Crippen LogP contribution in [-0.4, -0.2) is 24.6 Å². The molecule has 0 unspecified atom stereocenters. The Bertz CT molecular complexity index is 116. The van der Waals surface area contributed by atoms with Gasteiger partial charge in [0.05, 0.1) is 6.42 Å². The van der Waals surface area contributed by atoms with Crippen molar-refractivity contribution in [3.8, 4) is 0 Å². The van der Waals surface area contributed by atoms with Gasteiger partial charge in [-0.1, -0.05) is 22.4 Å². The van der Waals surface area contributed by atoms with Gasteiger partial charge in [-0.3, -0.25) is 0 Å². The van der Waals surface area contributed by atoms with E-state index in [1.165, 1.54) is 0 Å². The number of halogens is 4. The van der Waals surface area contributed by atoms with Crippen molar-refractivity contribution in [3.63, 3.8) is 0 Å². The molecule has 5 heteroatoms. The highest BCUT2D eigenvalue weighted by Crippen LogP contribution is 2.17. The Kier molecular flexibility index (Phi) is 7.75. The van der Waals surface area contributed by atoms with Crippen LogP contribution >= 0.6 is 15.9 Å². The van der Waals surface area contributed by atoms with Gasteiger partial charge in [0.1, 0.15) is 0 Å². The smallest absolute Gasteiger partial charge is 0.316 e. The number of hydrogen-bond donors (Lipinski definition) is 1. The lowest BCUT2D eigenvalue weighted by Gasteiger charge is -2.06. The molecule has 0 aliphatic heterocycles. The maximum absolute atomic E-state index is 11.6. The van der Waals surface area contributed by atoms with E-state index in [9.17, 15) is 13.2 Å². The minimum atomic E-state index is -4.02. The van der Waals surface area contributed by atoms with E-state index in [0.29, 0.717) is 6.54 Å². The molecule has 1 nitrogen and oxygen atoms in total. The van der Waals surface area contributed by atoms with Gasteiger partial charge in [-0.05, 0) is 19.4 Å². The maximum Gasteiger partial charge on any atom is 0.390 e. The van der Waals surface area contributed by atoms with Crippen LogP contribution in [0.15, 0.2) is 0 Å². The molecule has 0 aromatic heterocycles. The normalized spacial score (nSPS) is 12.0. The number of alkyl halides is 4. The average molecular weight is 262 g/mol. The van der Waals surface area contributed by atoms with Crippen LogP contribution in [0.3, 0.4) is 0 Å². The third-order valence-corrected chi connectivity index (χ3v) is 2.13. The van der Waals surface area contributed by atoms with Crippen molar-refractivity contribution in [2.24, 2.45) is 0 Å². The molecule has 0 bridgehead atoms. The van der Waals surface area contributed by atoms with Crippen LogP contribution < -0.4 is 5.32 Å². The Morgan fingerprint density at radius 1 is 1.00 bits per heavy atom. The summed E-state index contributed by atoms with van der Waals surface area (Å²) in [6.07, 6.45) is -1.66. The summed E-state index contributed by atoms with van der Waals surface area (Å²) in [6, 6.07) is 0. The first kappa shape index (κ1) is 13.2. The summed E-state index contributed by atoms with van der Waals surface area (Å²) in [6.45, 7) is 0.723. The fraction of sp³-hybridized carbons (Fsp3) is 1.00. The molecule has 0 aliphatic carbocycles. The molecule has 0 fully saturated rings. The van der Waals surface area contributed by atoms with E-state index in [1.807, 2.05) is 0 Å². The van der Waals surface area contributed by atoms with Crippen LogP contribution in [0, 0.1) is 0 Å². The number of hydrogen-bond acceptors (Lipinski definition) is 1. The lowest BCUT2D eigenvalue weighted by molar-refractivity contribution is -0.133. The summed E-state index contributed by atoms with van der Waals surface area (Å²) in [4.78, 5) is 0. The molecule has 0 atom stereocenters. The molecule has 1 N–H and O–H groups in total. The number of unbranched alkanes of at least 4 members (excludes halogenated alkanes) is 2. The minimum Gasteiger partial charge on any atom is -0.316 e. The summed E-state index contributed by atoms with van der Waals surface area (Å²) in [5.41, 5.74) is 0. The first-order chi connectivity index (χ1) is 6.06. The summed E-state index contributed by atoms with van der Waals surface area (Å²) >= 11 is 3.29. The highest BCUT2D eigenvalue weighted by atomic mass is 79.9. The van der Waals surface area contributed by atoms with Gasteiger partial charge in [0, 0.05) is 11.9 Å². The molecule has 0 saturated carbocycles. The molecule has 80 valence electrons. The quantitative estimate of drug-likeness (QED) is 0.549. The number of nitrogens with one attached hydrogen (secondary N) is 1. The van der Waals surface area contributed by atoms with Crippen LogP contribution in [0.2, 0.25) is 0 Å². The molecule has 0 aromatic rings. The average Bonchev–Trinajstić information content (AvgIpc) is 2.01. The predicted molar refractivity (Wildman–Crippen MR) is 51.2 cm³/mol. The molecule has 0 saturated heterocycles. The molecule has 0 aliphatic rings. The Labute approximate surface area is 85.2 Å². The predicted octanol–water partition coefficient (Wildman–Crippen LogP) is 3.09. The molecule has 13 heavy (non-hydrogen) atoms. The van der Waals surface area contributed by atoms with E-state index in [1.54, 1.807) is 0 Å². The molecule has 0 rings (SSSR count). The van der Waals surface area contributed by atoms with Gasteiger partial charge in [-0.2, -0.15) is 13.2 Å². The zero-order valence-corrected chi connectivity index (χ0v) is 9.05. The lowest BCUT2D eigenvalue weighted by Crippen LogP contribution is -2.22. The first-order valence-corrected chi connectivity index (χ1v) is 5.52. The van der Waals surface area contributed by atoms with Crippen molar-refractivity contribution in [1.82, 2.24) is 5.32 Å². The van der Waals surface area contributed by atoms with Crippen molar-refractivity contribution < 1.29 is 13.2 Å². The molecule has 0 amide bonds. The molecule has 0 aromatic carbocycles. The summed E-state index contributed by atoms with van der Waals surface area (Å²) < 4.78 is 34.9. The van der Waals surface area contributed by atoms with Crippen molar-refractivity contribution in [2.75, 3.05) is 18.4 Å². The van der Waals surface area contributed by atoms with E-state index in [0.717, 1.165) is 24.6 Å². The van der Waals surface area contributed by atoms with E-state index >= 15 is 0 Å². The largest absolute Gasteiger partial charge is 0.390 e. The third kappa shape index (κ3) is 12.2. The Balaban J connectivity index is 3.00. The summed E-state index contributed by atoms with van der Waals surface area (Å²) in [5.74, 6) is 0. The monoisotopic (exact) mass is 261 g/mol. The molecule has 0 heterocycles. The fourth-order valence-corrected chi connectivity index (χ4v) is 1.27. The van der Waals surface area contributed by atoms with Crippen molar-refractivity contribution in [1.29, 1.82) is 0 Å². The van der Waals surface area contributed by atoms with Gasteiger partial charge in [-0.25, -0.2) is 0 Å². The van der Waals surface area contributed by atoms with Crippen molar-refractivity contribution in [3.05, 3.63) is 0 Å². The van der Waals surface area contributed by atoms with Crippen LogP contribution in [-0.2, 0) is 0 Å². The number of rotatable bonds is 7. The molecular weight excluding hydrogens is 247 g/mol. The SMILES string of the molecule is FC(F)(F)CCNCCCCCBr. The molecule has 0 radical (unpaired) electrons. The minimum absolute atomic E-state index is 0.0395. The Hall–Kier alpha value is 0.230. The second kappa shape index (κ2) is 7.62. The Morgan fingerprint density at radius 2 is 1.69 bits per heavy atom. The summed E-state index contributed by atoms with van der Waals surface area (Å²) in [5, 5.41) is 3.73. The van der Waals surface area contributed by atoms with E-state index < -0.39 is 12.6 Å². The second-order valence-corrected chi connectivity index (χ2v) is 3.66. The van der Waals surface area contributed by atoms with Crippen LogP contribution in [0.25, 0.3) is 0 Å². The van der Waals surface area contributed by atoms with Gasteiger partial charge < -0.3 is 5.32 Å². The maximum atomic E-state index is 11.6. The topological polar surface area (TPSA) is 12.0 Å². The van der Waals surface area contributed by atoms with Gasteiger partial charge in [0.2, 0.25) is 0 Å². The van der Waals surface area contributed by atoms with Crippen molar-refractivity contribution >= 4 is 15.9 Å². The van der Waals surface area contributed by atoms with Gasteiger partial charge in [0.15, 0.2) is 0 Å². The van der Waals surface area contributed by atoms with Crippen LogP contribution in [0.4, 0.5) is 13.2 Å². The molecular formula is C8H15BrF3N. The van der Waals surface area contributed by atoms with Crippen LogP contribution in [0.5, 0.6) is 0 Å². The van der Waals surface area contributed by atoms with Gasteiger partial charge in [-0.15, -0.1) is 0 Å². The van der Waals surface area contributed by atoms with E-state index in [4.69, 9.17) is 0 Å². The fourth-order valence-electron chi connectivity index (χ4n) is 0.876. The van der Waals surface area contributed by atoms with E-state index in [-0.39, 0.29) is 6.54 Å². The zero-order valence-electron chi connectivity index (χ0n) is 7.46.